The number of hydrogen-bond donors (Lipinski definition) is 1. The zero-order valence-corrected chi connectivity index (χ0v) is 12.3. The second-order valence-electron chi connectivity index (χ2n) is 4.58. The smallest absolute Gasteiger partial charge is 0.205 e. The molecule has 0 amide bonds. The van der Waals surface area contributed by atoms with Crippen molar-refractivity contribution < 1.29 is 0 Å². The summed E-state index contributed by atoms with van der Waals surface area (Å²) in [4.78, 5) is 4.39. The van der Waals surface area contributed by atoms with Crippen LogP contribution < -0.4 is 5.73 Å². The molecule has 20 heavy (non-hydrogen) atoms. The molecule has 0 unspecified atom stereocenters. The number of anilines is 1. The fraction of sp³-hybridized carbons (Fsp3) is 0.0667. The van der Waals surface area contributed by atoms with E-state index in [1.807, 2.05) is 35.8 Å². The number of rotatable bonds is 1. The van der Waals surface area contributed by atoms with E-state index in [0.717, 1.165) is 26.8 Å². The molecule has 0 aliphatic carbocycles. The van der Waals surface area contributed by atoms with Crippen molar-refractivity contribution in [2.24, 2.45) is 0 Å². The number of nitrogens with two attached hydrogens (primary N) is 1. The average molecular weight is 327 g/mol. The highest BCUT2D eigenvalue weighted by atomic mass is 79.9. The van der Waals surface area contributed by atoms with Crippen LogP contribution in [0.25, 0.3) is 16.7 Å². The number of fused-ring (bicyclic) bond motifs is 1. The molecular weight excluding hydrogens is 316 g/mol. The highest BCUT2D eigenvalue weighted by Gasteiger charge is 2.12. The molecule has 3 rings (SSSR count). The van der Waals surface area contributed by atoms with E-state index in [1.54, 1.807) is 12.1 Å². The summed E-state index contributed by atoms with van der Waals surface area (Å²) in [5.41, 5.74) is 10.4. The molecule has 0 saturated heterocycles. The number of aryl methyl sites for hydroxylation is 1. The van der Waals surface area contributed by atoms with Gasteiger partial charge in [0, 0.05) is 4.47 Å². The van der Waals surface area contributed by atoms with Gasteiger partial charge in [-0.25, -0.2) is 4.98 Å². The largest absolute Gasteiger partial charge is 0.369 e. The van der Waals surface area contributed by atoms with E-state index in [0.29, 0.717) is 11.5 Å². The average Bonchev–Trinajstić information content (AvgIpc) is 2.73. The number of imidazole rings is 1. The molecule has 0 fully saturated rings. The van der Waals surface area contributed by atoms with Crippen molar-refractivity contribution in [2.75, 3.05) is 5.73 Å². The Morgan fingerprint density at radius 3 is 2.75 bits per heavy atom. The Balaban J connectivity index is 2.30. The number of benzene rings is 2. The second kappa shape index (κ2) is 4.66. The predicted octanol–water partition coefficient (Wildman–Crippen LogP) is 3.55. The Hall–Kier alpha value is -2.32. The van der Waals surface area contributed by atoms with Crippen molar-refractivity contribution in [3.05, 3.63) is 52.0 Å². The van der Waals surface area contributed by atoms with Crippen LogP contribution in [0.4, 0.5) is 5.95 Å². The van der Waals surface area contributed by atoms with Crippen molar-refractivity contribution >= 4 is 32.9 Å². The molecule has 1 aromatic heterocycles. The third-order valence-electron chi connectivity index (χ3n) is 3.15. The van der Waals surface area contributed by atoms with Crippen LogP contribution in [-0.2, 0) is 0 Å². The van der Waals surface area contributed by atoms with Gasteiger partial charge in [0.2, 0.25) is 5.95 Å². The summed E-state index contributed by atoms with van der Waals surface area (Å²) in [6.07, 6.45) is 0. The van der Waals surface area contributed by atoms with Gasteiger partial charge >= 0.3 is 0 Å². The molecule has 4 nitrogen and oxygen atoms in total. The lowest BCUT2D eigenvalue weighted by Crippen LogP contribution is -2.01. The summed E-state index contributed by atoms with van der Waals surface area (Å²) in [6.45, 7) is 2.02. The second-order valence-corrected chi connectivity index (χ2v) is 5.43. The molecule has 0 bridgehead atoms. The van der Waals surface area contributed by atoms with Crippen LogP contribution in [0.15, 0.2) is 40.9 Å². The molecule has 3 aromatic rings. The minimum absolute atomic E-state index is 0.427. The van der Waals surface area contributed by atoms with Gasteiger partial charge < -0.3 is 5.73 Å². The first-order valence-corrected chi connectivity index (χ1v) is 6.84. The Morgan fingerprint density at radius 1 is 1.25 bits per heavy atom. The van der Waals surface area contributed by atoms with Gasteiger partial charge in [-0.05, 0) is 58.7 Å². The zero-order valence-electron chi connectivity index (χ0n) is 10.8. The van der Waals surface area contributed by atoms with Gasteiger partial charge in [0.15, 0.2) is 0 Å². The summed E-state index contributed by atoms with van der Waals surface area (Å²) in [5.74, 6) is 0.427. The third-order valence-corrected chi connectivity index (χ3v) is 3.79. The fourth-order valence-electron chi connectivity index (χ4n) is 2.22. The number of nitrogen functional groups attached to an aromatic ring is 1. The van der Waals surface area contributed by atoms with Gasteiger partial charge in [-0.15, -0.1) is 0 Å². The van der Waals surface area contributed by atoms with Gasteiger partial charge in [-0.1, -0.05) is 6.07 Å². The SMILES string of the molecule is Cc1ccc2c(c1)nc(N)n2-c1ccc(C#N)cc1Br. The van der Waals surface area contributed by atoms with E-state index in [4.69, 9.17) is 11.0 Å². The minimum Gasteiger partial charge on any atom is -0.369 e. The first-order chi connectivity index (χ1) is 9.60. The summed E-state index contributed by atoms with van der Waals surface area (Å²) >= 11 is 3.49. The van der Waals surface area contributed by atoms with E-state index in [1.165, 1.54) is 0 Å². The van der Waals surface area contributed by atoms with Crippen LogP contribution in [0.3, 0.4) is 0 Å². The minimum atomic E-state index is 0.427. The third kappa shape index (κ3) is 1.95. The monoisotopic (exact) mass is 326 g/mol. The molecule has 1 heterocycles. The molecule has 0 radical (unpaired) electrons. The number of halogens is 1. The summed E-state index contributed by atoms with van der Waals surface area (Å²) in [5, 5.41) is 8.93. The maximum atomic E-state index is 8.93. The van der Waals surface area contributed by atoms with Gasteiger partial charge in [-0.3, -0.25) is 4.57 Å². The quantitative estimate of drug-likeness (QED) is 0.743. The maximum Gasteiger partial charge on any atom is 0.205 e. The van der Waals surface area contributed by atoms with Gasteiger partial charge in [0.25, 0.3) is 0 Å². The van der Waals surface area contributed by atoms with E-state index < -0.39 is 0 Å². The Morgan fingerprint density at radius 2 is 2.05 bits per heavy atom. The predicted molar refractivity (Wildman–Crippen MR) is 82.6 cm³/mol. The summed E-state index contributed by atoms with van der Waals surface area (Å²) in [7, 11) is 0. The van der Waals surface area contributed by atoms with Gasteiger partial charge in [0.05, 0.1) is 28.4 Å². The van der Waals surface area contributed by atoms with Gasteiger partial charge in [-0.2, -0.15) is 5.26 Å². The van der Waals surface area contributed by atoms with E-state index >= 15 is 0 Å². The van der Waals surface area contributed by atoms with Crippen LogP contribution in [0.1, 0.15) is 11.1 Å². The maximum absolute atomic E-state index is 8.93. The number of aromatic nitrogens is 2. The van der Waals surface area contributed by atoms with Crippen LogP contribution in [0.2, 0.25) is 0 Å². The molecule has 0 aliphatic rings. The lowest BCUT2D eigenvalue weighted by atomic mass is 10.2. The zero-order chi connectivity index (χ0) is 14.3. The van der Waals surface area contributed by atoms with Crippen LogP contribution >= 0.6 is 15.9 Å². The molecule has 2 N–H and O–H groups in total. The standard InChI is InChI=1S/C15H11BrN4/c1-9-2-4-14-12(6-9)19-15(18)20(14)13-5-3-10(8-17)7-11(13)16/h2-7H,1H3,(H2,18,19). The molecule has 0 saturated carbocycles. The molecule has 0 atom stereocenters. The molecule has 0 spiro atoms. The van der Waals surface area contributed by atoms with Crippen molar-refractivity contribution in [1.82, 2.24) is 9.55 Å². The number of hydrogen-bond acceptors (Lipinski definition) is 3. The van der Waals surface area contributed by atoms with Gasteiger partial charge in [0.1, 0.15) is 0 Å². The van der Waals surface area contributed by atoms with E-state index in [9.17, 15) is 0 Å². The Kier molecular flexibility index (Phi) is 2.96. The highest BCUT2D eigenvalue weighted by Crippen LogP contribution is 2.29. The summed E-state index contributed by atoms with van der Waals surface area (Å²) in [6, 6.07) is 13.5. The first kappa shape index (κ1) is 12.7. The topological polar surface area (TPSA) is 67.6 Å². The number of nitriles is 1. The highest BCUT2D eigenvalue weighted by molar-refractivity contribution is 9.10. The normalized spacial score (nSPS) is 10.7. The van der Waals surface area contributed by atoms with Crippen LogP contribution in [0, 0.1) is 18.3 Å². The van der Waals surface area contributed by atoms with Crippen molar-refractivity contribution in [3.63, 3.8) is 0 Å². The van der Waals surface area contributed by atoms with E-state index in [2.05, 4.69) is 27.0 Å². The Labute approximate surface area is 124 Å². The van der Waals surface area contributed by atoms with E-state index in [-0.39, 0.29) is 0 Å². The lowest BCUT2D eigenvalue weighted by molar-refractivity contribution is 1.10. The molecule has 5 heteroatoms. The molecular formula is C15H11BrN4. The van der Waals surface area contributed by atoms with Crippen molar-refractivity contribution in [2.45, 2.75) is 6.92 Å². The molecule has 98 valence electrons. The van der Waals surface area contributed by atoms with Crippen LogP contribution in [-0.4, -0.2) is 9.55 Å². The van der Waals surface area contributed by atoms with Crippen molar-refractivity contribution in [3.8, 4) is 11.8 Å². The van der Waals surface area contributed by atoms with Crippen molar-refractivity contribution in [1.29, 1.82) is 5.26 Å². The Bertz CT molecular complexity index is 858. The fourth-order valence-corrected chi connectivity index (χ4v) is 2.78. The lowest BCUT2D eigenvalue weighted by Gasteiger charge is -2.09. The van der Waals surface area contributed by atoms with Crippen LogP contribution in [0.5, 0.6) is 0 Å². The summed E-state index contributed by atoms with van der Waals surface area (Å²) < 4.78 is 2.68. The first-order valence-electron chi connectivity index (χ1n) is 6.05. The molecule has 0 aliphatic heterocycles. The number of nitrogens with zero attached hydrogens (tertiary/aromatic N) is 3. The molecule has 2 aromatic carbocycles.